The zero-order valence-corrected chi connectivity index (χ0v) is 14.2. The van der Waals surface area contributed by atoms with E-state index in [2.05, 4.69) is 11.0 Å². The van der Waals surface area contributed by atoms with Crippen molar-refractivity contribution in [1.29, 1.82) is 5.26 Å². The number of amides is 1. The fraction of sp³-hybridized carbons (Fsp3) is 0.895. The van der Waals surface area contributed by atoms with E-state index in [1.165, 1.54) is 38.5 Å². The van der Waals surface area contributed by atoms with E-state index in [9.17, 15) is 4.79 Å². The summed E-state index contributed by atoms with van der Waals surface area (Å²) in [5.74, 6) is 2.72. The summed E-state index contributed by atoms with van der Waals surface area (Å²) in [4.78, 5) is 15.5. The highest BCUT2D eigenvalue weighted by Gasteiger charge is 2.55. The maximum absolute atomic E-state index is 13.3. The molecule has 4 saturated carbocycles. The maximum Gasteiger partial charge on any atom is 0.228 e. The molecule has 23 heavy (non-hydrogen) atoms. The van der Waals surface area contributed by atoms with E-state index in [1.807, 2.05) is 6.92 Å². The molecule has 1 aliphatic heterocycles. The molecule has 0 radical (unpaired) electrons. The molecule has 0 aromatic rings. The zero-order chi connectivity index (χ0) is 16.0. The monoisotopic (exact) mass is 316 g/mol. The van der Waals surface area contributed by atoms with E-state index in [4.69, 9.17) is 10.00 Å². The number of hydrogen-bond donors (Lipinski definition) is 0. The third-order valence-electron chi connectivity index (χ3n) is 6.99. The molecule has 1 saturated heterocycles. The van der Waals surface area contributed by atoms with Crippen LogP contribution in [0.4, 0.5) is 0 Å². The molecule has 0 N–H and O–H groups in total. The Morgan fingerprint density at radius 2 is 1.83 bits per heavy atom. The molecule has 4 aliphatic carbocycles. The van der Waals surface area contributed by atoms with Crippen LogP contribution < -0.4 is 0 Å². The number of hydrogen-bond acceptors (Lipinski definition) is 3. The first-order chi connectivity index (χ1) is 11.1. The third-order valence-corrected chi connectivity index (χ3v) is 6.99. The lowest BCUT2D eigenvalue weighted by Crippen LogP contribution is -2.62. The topological polar surface area (TPSA) is 53.3 Å². The van der Waals surface area contributed by atoms with E-state index in [0.29, 0.717) is 19.6 Å². The fourth-order valence-corrected chi connectivity index (χ4v) is 6.39. The van der Waals surface area contributed by atoms with Crippen LogP contribution in [0.25, 0.3) is 0 Å². The van der Waals surface area contributed by atoms with Crippen molar-refractivity contribution in [1.82, 2.24) is 4.90 Å². The fourth-order valence-electron chi connectivity index (χ4n) is 6.39. The van der Waals surface area contributed by atoms with Crippen LogP contribution in [0.3, 0.4) is 0 Å². The first kappa shape index (κ1) is 15.4. The van der Waals surface area contributed by atoms with Crippen LogP contribution >= 0.6 is 0 Å². The van der Waals surface area contributed by atoms with Gasteiger partial charge in [0.1, 0.15) is 0 Å². The van der Waals surface area contributed by atoms with Gasteiger partial charge in [0.15, 0.2) is 0 Å². The summed E-state index contributed by atoms with van der Waals surface area (Å²) in [5, 5.41) is 9.08. The Hall–Kier alpha value is -1.08. The Balaban J connectivity index is 1.60. The Labute approximate surface area is 139 Å². The molecule has 2 atom stereocenters. The summed E-state index contributed by atoms with van der Waals surface area (Å²) in [6, 6.07) is 2.26. The molecule has 4 nitrogen and oxygen atoms in total. The molecular formula is C19H28N2O2. The van der Waals surface area contributed by atoms with Crippen molar-refractivity contribution in [2.75, 3.05) is 13.2 Å². The molecule has 0 aromatic carbocycles. The molecule has 1 heterocycles. The van der Waals surface area contributed by atoms with Crippen molar-refractivity contribution in [3.8, 4) is 6.07 Å². The van der Waals surface area contributed by atoms with Gasteiger partial charge in [-0.05, 0) is 69.6 Å². The number of carbonyl (C=O) groups is 1. The van der Waals surface area contributed by atoms with Gasteiger partial charge in [-0.3, -0.25) is 4.79 Å². The quantitative estimate of drug-likeness (QED) is 0.800. The van der Waals surface area contributed by atoms with Crippen LogP contribution in [0.5, 0.6) is 0 Å². The van der Waals surface area contributed by atoms with E-state index in [1.54, 1.807) is 0 Å². The van der Waals surface area contributed by atoms with Crippen LogP contribution in [0.1, 0.15) is 58.3 Å². The Kier molecular flexibility index (Phi) is 3.88. The molecule has 0 aromatic heterocycles. The number of carbonyl (C=O) groups excluding carboxylic acids is 1. The minimum absolute atomic E-state index is 0.00157. The van der Waals surface area contributed by atoms with Crippen LogP contribution in [0.15, 0.2) is 0 Å². The molecule has 0 spiro atoms. The lowest BCUT2D eigenvalue weighted by molar-refractivity contribution is -0.156. The number of nitrogens with zero attached hydrogens (tertiary/aromatic N) is 2. The average molecular weight is 316 g/mol. The number of rotatable bonds is 4. The van der Waals surface area contributed by atoms with E-state index in [-0.39, 0.29) is 23.5 Å². The van der Waals surface area contributed by atoms with E-state index < -0.39 is 0 Å². The SMILES string of the molecule is C[C@@H]1OCC[C@H]1C(=O)N(CCC#N)C12CC3CC(CC(C3)C1)C2. The average Bonchev–Trinajstić information content (AvgIpc) is 2.92. The lowest BCUT2D eigenvalue weighted by Gasteiger charge is -2.60. The molecular weight excluding hydrogens is 288 g/mol. The predicted octanol–water partition coefficient (Wildman–Crippen LogP) is 3.12. The minimum atomic E-state index is 0.00157. The summed E-state index contributed by atoms with van der Waals surface area (Å²) in [7, 11) is 0. The van der Waals surface area contributed by atoms with Gasteiger partial charge >= 0.3 is 0 Å². The summed E-state index contributed by atoms with van der Waals surface area (Å²) in [6.45, 7) is 3.34. The molecule has 5 fully saturated rings. The largest absolute Gasteiger partial charge is 0.378 e. The molecule has 5 rings (SSSR count). The van der Waals surface area contributed by atoms with Crippen LogP contribution in [-0.4, -0.2) is 35.6 Å². The Morgan fingerprint density at radius 3 is 2.30 bits per heavy atom. The second-order valence-electron chi connectivity index (χ2n) is 8.51. The van der Waals surface area contributed by atoms with Crippen molar-refractivity contribution >= 4 is 5.91 Å². The molecule has 5 aliphatic rings. The van der Waals surface area contributed by atoms with Gasteiger partial charge in [-0.1, -0.05) is 0 Å². The van der Waals surface area contributed by atoms with Crippen molar-refractivity contribution < 1.29 is 9.53 Å². The summed E-state index contributed by atoms with van der Waals surface area (Å²) >= 11 is 0. The summed E-state index contributed by atoms with van der Waals surface area (Å²) in [5.41, 5.74) is 0.0605. The predicted molar refractivity (Wildman–Crippen MR) is 86.4 cm³/mol. The van der Waals surface area contributed by atoms with Gasteiger partial charge < -0.3 is 9.64 Å². The van der Waals surface area contributed by atoms with E-state index in [0.717, 1.165) is 24.2 Å². The lowest BCUT2D eigenvalue weighted by atomic mass is 9.52. The normalized spacial score (nSPS) is 44.3. The second-order valence-corrected chi connectivity index (χ2v) is 8.51. The molecule has 1 amide bonds. The van der Waals surface area contributed by atoms with Crippen molar-refractivity contribution in [3.05, 3.63) is 0 Å². The summed E-state index contributed by atoms with van der Waals surface area (Å²) in [6.07, 6.45) is 8.99. The molecule has 126 valence electrons. The molecule has 4 bridgehead atoms. The number of nitriles is 1. The minimum Gasteiger partial charge on any atom is -0.378 e. The van der Waals surface area contributed by atoms with Crippen molar-refractivity contribution in [2.24, 2.45) is 23.7 Å². The number of ether oxygens (including phenoxy) is 1. The van der Waals surface area contributed by atoms with Gasteiger partial charge in [0.05, 0.1) is 24.5 Å². The van der Waals surface area contributed by atoms with Crippen LogP contribution in [-0.2, 0) is 9.53 Å². The highest BCUT2D eigenvalue weighted by molar-refractivity contribution is 5.80. The standard InChI is InChI=1S/C19H28N2O2/c1-13-17(3-6-23-13)18(22)21(5-2-4-20)19-10-14-7-15(11-19)9-16(8-14)12-19/h13-17H,2-3,5-12H2,1H3/t13-,14?,15?,16?,17+,19?/m0/s1. The van der Waals surface area contributed by atoms with Crippen molar-refractivity contribution in [3.63, 3.8) is 0 Å². The Bertz CT molecular complexity index is 489. The summed E-state index contributed by atoms with van der Waals surface area (Å²) < 4.78 is 5.65. The van der Waals surface area contributed by atoms with Gasteiger partial charge in [0.25, 0.3) is 0 Å². The van der Waals surface area contributed by atoms with Gasteiger partial charge in [-0.2, -0.15) is 5.26 Å². The van der Waals surface area contributed by atoms with Gasteiger partial charge in [-0.15, -0.1) is 0 Å². The zero-order valence-electron chi connectivity index (χ0n) is 14.2. The maximum atomic E-state index is 13.3. The first-order valence-corrected chi connectivity index (χ1v) is 9.41. The highest BCUT2D eigenvalue weighted by Crippen LogP contribution is 2.58. The first-order valence-electron chi connectivity index (χ1n) is 9.41. The van der Waals surface area contributed by atoms with Crippen molar-refractivity contribution in [2.45, 2.75) is 69.9 Å². The second kappa shape index (κ2) is 5.77. The third kappa shape index (κ3) is 2.58. The van der Waals surface area contributed by atoms with Crippen LogP contribution in [0, 0.1) is 35.0 Å². The van der Waals surface area contributed by atoms with E-state index >= 15 is 0 Å². The Morgan fingerprint density at radius 1 is 1.22 bits per heavy atom. The van der Waals surface area contributed by atoms with Gasteiger partial charge in [-0.25, -0.2) is 0 Å². The highest BCUT2D eigenvalue weighted by atomic mass is 16.5. The van der Waals surface area contributed by atoms with Crippen LogP contribution in [0.2, 0.25) is 0 Å². The van der Waals surface area contributed by atoms with Gasteiger partial charge in [0, 0.05) is 18.7 Å². The molecule has 4 heteroatoms. The molecule has 0 unspecified atom stereocenters. The van der Waals surface area contributed by atoms with Gasteiger partial charge in [0.2, 0.25) is 5.91 Å². The smallest absolute Gasteiger partial charge is 0.228 e.